The Bertz CT molecular complexity index is 641. The highest BCUT2D eigenvalue weighted by Crippen LogP contribution is 2.09. The fourth-order valence-electron chi connectivity index (χ4n) is 1.80. The van der Waals surface area contributed by atoms with Crippen LogP contribution in [0.3, 0.4) is 0 Å². The molecule has 7 nitrogen and oxygen atoms in total. The Kier molecular flexibility index (Phi) is 4.89. The molecule has 0 aromatic carbocycles. The van der Waals surface area contributed by atoms with Gasteiger partial charge in [-0.15, -0.1) is 5.10 Å². The molecule has 0 aliphatic rings. The van der Waals surface area contributed by atoms with Crippen LogP contribution < -0.4 is 5.73 Å². The van der Waals surface area contributed by atoms with Crippen molar-refractivity contribution >= 4 is 27.6 Å². The van der Waals surface area contributed by atoms with Crippen molar-refractivity contribution in [2.75, 3.05) is 13.6 Å². The predicted octanol–water partition coefficient (Wildman–Crippen LogP) is 1.33. The van der Waals surface area contributed by atoms with E-state index >= 15 is 0 Å². The Hall–Kier alpha value is -1.54. The minimum absolute atomic E-state index is 0.0758. The van der Waals surface area contributed by atoms with Crippen LogP contribution in [0.15, 0.2) is 16.9 Å². The smallest absolute Gasteiger partial charge is 0.293 e. The van der Waals surface area contributed by atoms with Gasteiger partial charge < -0.3 is 10.6 Å². The molecule has 1 atom stereocenters. The van der Waals surface area contributed by atoms with E-state index in [1.807, 2.05) is 0 Å². The van der Waals surface area contributed by atoms with E-state index < -0.39 is 0 Å². The van der Waals surface area contributed by atoms with Crippen LogP contribution in [0.5, 0.6) is 0 Å². The van der Waals surface area contributed by atoms with Crippen LogP contribution in [0.25, 0.3) is 5.78 Å². The quantitative estimate of drug-likeness (QED) is 0.874. The Morgan fingerprint density at radius 1 is 1.52 bits per heavy atom. The number of fused-ring (bicyclic) bond motifs is 1. The van der Waals surface area contributed by atoms with Crippen molar-refractivity contribution in [2.45, 2.75) is 26.3 Å². The van der Waals surface area contributed by atoms with Crippen molar-refractivity contribution in [3.63, 3.8) is 0 Å². The molecule has 0 fully saturated rings. The number of amides is 1. The van der Waals surface area contributed by atoms with Gasteiger partial charge in [0.25, 0.3) is 11.7 Å². The van der Waals surface area contributed by atoms with Crippen molar-refractivity contribution in [3.05, 3.63) is 22.7 Å². The molecule has 21 heavy (non-hydrogen) atoms. The summed E-state index contributed by atoms with van der Waals surface area (Å²) in [7, 11) is 1.73. The van der Waals surface area contributed by atoms with Crippen LogP contribution in [0, 0.1) is 5.92 Å². The topological polar surface area (TPSA) is 89.4 Å². The molecule has 0 bridgehead atoms. The maximum absolute atomic E-state index is 12.3. The second kappa shape index (κ2) is 6.48. The lowest BCUT2D eigenvalue weighted by Gasteiger charge is -2.20. The lowest BCUT2D eigenvalue weighted by Crippen LogP contribution is -2.35. The second-order valence-corrected chi connectivity index (χ2v) is 6.29. The predicted molar refractivity (Wildman–Crippen MR) is 82.9 cm³/mol. The van der Waals surface area contributed by atoms with Gasteiger partial charge in [0, 0.05) is 32.0 Å². The zero-order chi connectivity index (χ0) is 15.6. The number of carbonyl (C=O) groups is 1. The fraction of sp³-hybridized carbons (Fsp3) is 0.538. The molecule has 0 spiro atoms. The number of carbonyl (C=O) groups excluding carboxylic acids is 1. The molecule has 0 radical (unpaired) electrons. The number of aromatic nitrogens is 4. The van der Waals surface area contributed by atoms with Crippen molar-refractivity contribution < 1.29 is 4.79 Å². The molecule has 114 valence electrons. The summed E-state index contributed by atoms with van der Waals surface area (Å²) in [5.74, 6) is 0.700. The van der Waals surface area contributed by atoms with Crippen LogP contribution in [0.1, 0.15) is 30.9 Å². The average molecular weight is 355 g/mol. The minimum Gasteiger partial charge on any atom is -0.339 e. The molecule has 2 heterocycles. The van der Waals surface area contributed by atoms with Gasteiger partial charge in [0.1, 0.15) is 0 Å². The molecule has 2 rings (SSSR count). The maximum Gasteiger partial charge on any atom is 0.293 e. The number of rotatable bonds is 5. The van der Waals surface area contributed by atoms with Crippen LogP contribution in [0.2, 0.25) is 0 Å². The third-order valence-corrected chi connectivity index (χ3v) is 3.76. The highest BCUT2D eigenvalue weighted by Gasteiger charge is 2.19. The molecule has 2 aromatic heterocycles. The van der Waals surface area contributed by atoms with Crippen molar-refractivity contribution in [2.24, 2.45) is 11.7 Å². The first-order valence-corrected chi connectivity index (χ1v) is 7.56. The number of halogens is 1. The van der Waals surface area contributed by atoms with Gasteiger partial charge in [0.05, 0.1) is 4.47 Å². The van der Waals surface area contributed by atoms with E-state index in [0.29, 0.717) is 18.2 Å². The van der Waals surface area contributed by atoms with Gasteiger partial charge in [-0.1, -0.05) is 13.8 Å². The third kappa shape index (κ3) is 3.76. The van der Waals surface area contributed by atoms with E-state index in [2.05, 4.69) is 44.8 Å². The third-order valence-electron chi connectivity index (χ3n) is 3.35. The van der Waals surface area contributed by atoms with E-state index in [9.17, 15) is 4.79 Å². The summed E-state index contributed by atoms with van der Waals surface area (Å²) in [4.78, 5) is 22.1. The highest BCUT2D eigenvalue weighted by atomic mass is 79.9. The molecule has 0 saturated carbocycles. The fourth-order valence-corrected chi connectivity index (χ4v) is 2.09. The van der Waals surface area contributed by atoms with Gasteiger partial charge in [-0.05, 0) is 28.3 Å². The Morgan fingerprint density at radius 3 is 2.90 bits per heavy atom. The lowest BCUT2D eigenvalue weighted by molar-refractivity contribution is 0.0777. The molecule has 1 unspecified atom stereocenters. The van der Waals surface area contributed by atoms with Gasteiger partial charge in [0.15, 0.2) is 0 Å². The molecular weight excluding hydrogens is 336 g/mol. The first-order valence-electron chi connectivity index (χ1n) is 6.77. The van der Waals surface area contributed by atoms with Crippen molar-refractivity contribution in [1.29, 1.82) is 0 Å². The van der Waals surface area contributed by atoms with E-state index in [1.165, 1.54) is 4.52 Å². The van der Waals surface area contributed by atoms with Gasteiger partial charge in [-0.3, -0.25) is 4.79 Å². The zero-order valence-corrected chi connectivity index (χ0v) is 13.9. The van der Waals surface area contributed by atoms with Gasteiger partial charge >= 0.3 is 0 Å². The number of hydrogen-bond acceptors (Lipinski definition) is 5. The lowest BCUT2D eigenvalue weighted by atomic mass is 10.0. The summed E-state index contributed by atoms with van der Waals surface area (Å²) in [6, 6.07) is 0.0758. The van der Waals surface area contributed by atoms with Gasteiger partial charge in [0.2, 0.25) is 5.82 Å². The second-order valence-electron chi connectivity index (χ2n) is 5.38. The number of nitrogens with two attached hydrogens (primary N) is 1. The van der Waals surface area contributed by atoms with Crippen LogP contribution in [-0.2, 0) is 0 Å². The SMILES string of the molecule is CC(C)C(N)CCN(C)C(=O)c1nc2ncc(Br)cn2n1. The molecular formula is C13H19BrN6O. The van der Waals surface area contributed by atoms with E-state index in [0.717, 1.165) is 10.9 Å². The summed E-state index contributed by atoms with van der Waals surface area (Å²) >= 11 is 3.30. The highest BCUT2D eigenvalue weighted by molar-refractivity contribution is 9.10. The van der Waals surface area contributed by atoms with Gasteiger partial charge in [-0.2, -0.15) is 4.98 Å². The van der Waals surface area contributed by atoms with Crippen LogP contribution in [-0.4, -0.2) is 50.0 Å². The first kappa shape index (κ1) is 15.8. The van der Waals surface area contributed by atoms with Crippen molar-refractivity contribution in [3.8, 4) is 0 Å². The first-order chi connectivity index (χ1) is 9.88. The van der Waals surface area contributed by atoms with E-state index in [4.69, 9.17) is 5.73 Å². The summed E-state index contributed by atoms with van der Waals surface area (Å²) < 4.78 is 2.25. The zero-order valence-electron chi connectivity index (χ0n) is 12.3. The summed E-state index contributed by atoms with van der Waals surface area (Å²) in [6.07, 6.45) is 4.07. The minimum atomic E-state index is -0.229. The average Bonchev–Trinajstić information content (AvgIpc) is 2.86. The summed E-state index contributed by atoms with van der Waals surface area (Å²) in [5.41, 5.74) is 5.99. The largest absolute Gasteiger partial charge is 0.339 e. The van der Waals surface area contributed by atoms with Crippen molar-refractivity contribution in [1.82, 2.24) is 24.5 Å². The molecule has 2 aromatic rings. The Morgan fingerprint density at radius 2 is 2.24 bits per heavy atom. The molecule has 0 aliphatic heterocycles. The van der Waals surface area contributed by atoms with Crippen LogP contribution >= 0.6 is 15.9 Å². The molecule has 8 heteroatoms. The summed E-state index contributed by atoms with van der Waals surface area (Å²) in [5, 5.41) is 4.15. The van der Waals surface area contributed by atoms with Crippen LogP contribution in [0.4, 0.5) is 0 Å². The summed E-state index contributed by atoms with van der Waals surface area (Å²) in [6.45, 7) is 4.71. The monoisotopic (exact) mass is 354 g/mol. The van der Waals surface area contributed by atoms with E-state index in [1.54, 1.807) is 24.3 Å². The molecule has 0 saturated heterocycles. The standard InChI is InChI=1S/C13H19BrN6O/c1-8(2)10(15)4-5-19(3)12(21)11-17-13-16-6-9(14)7-20(13)18-11/h6-8,10H,4-5,15H2,1-3H3. The molecule has 1 amide bonds. The van der Waals surface area contributed by atoms with E-state index in [-0.39, 0.29) is 17.8 Å². The molecule has 0 aliphatic carbocycles. The maximum atomic E-state index is 12.3. The number of nitrogens with zero attached hydrogens (tertiary/aromatic N) is 5. The normalized spacial score (nSPS) is 12.9. The number of hydrogen-bond donors (Lipinski definition) is 1. The van der Waals surface area contributed by atoms with Gasteiger partial charge in [-0.25, -0.2) is 9.50 Å². The Labute approximate surface area is 131 Å². The Balaban J connectivity index is 2.07. The molecule has 2 N–H and O–H groups in total.